The second-order valence-corrected chi connectivity index (χ2v) is 6.03. The lowest BCUT2D eigenvalue weighted by molar-refractivity contribution is -0.136. The van der Waals surface area contributed by atoms with Gasteiger partial charge < -0.3 is 5.32 Å². The van der Waals surface area contributed by atoms with Crippen LogP contribution in [0.3, 0.4) is 0 Å². The molecular formula is C16H12Cl3N3O2. The first-order valence-corrected chi connectivity index (χ1v) is 7.86. The third-order valence-electron chi connectivity index (χ3n) is 2.97. The number of carbonyl (C=O) groups excluding carboxylic acids is 2. The molecule has 124 valence electrons. The number of rotatable bonds is 3. The Balaban J connectivity index is 1.95. The number of nitrogens with one attached hydrogen (secondary N) is 2. The van der Waals surface area contributed by atoms with Gasteiger partial charge >= 0.3 is 11.8 Å². The first-order valence-electron chi connectivity index (χ1n) is 6.72. The average molecular weight is 385 g/mol. The Morgan fingerprint density at radius 3 is 2.42 bits per heavy atom. The molecule has 0 aromatic heterocycles. The fraction of sp³-hybridized carbons (Fsp3) is 0.0625. The third-order valence-corrected chi connectivity index (χ3v) is 3.94. The average Bonchev–Trinajstić information content (AvgIpc) is 2.53. The van der Waals surface area contributed by atoms with Gasteiger partial charge in [-0.25, -0.2) is 5.43 Å². The summed E-state index contributed by atoms with van der Waals surface area (Å²) in [5, 5.41) is 7.46. The Hall–Kier alpha value is -2.08. The summed E-state index contributed by atoms with van der Waals surface area (Å²) in [4.78, 5) is 23.5. The van der Waals surface area contributed by atoms with Gasteiger partial charge in [0.05, 0.1) is 11.2 Å². The highest BCUT2D eigenvalue weighted by Gasteiger charge is 2.13. The van der Waals surface area contributed by atoms with Gasteiger partial charge in [-0.15, -0.1) is 0 Å². The molecule has 0 heterocycles. The molecule has 0 fully saturated rings. The van der Waals surface area contributed by atoms with Crippen LogP contribution in [-0.2, 0) is 9.59 Å². The Morgan fingerprint density at radius 2 is 1.75 bits per heavy atom. The Bertz CT molecular complexity index is 822. The molecule has 0 aliphatic heterocycles. The Kier molecular flexibility index (Phi) is 6.20. The second-order valence-electron chi connectivity index (χ2n) is 4.78. The van der Waals surface area contributed by atoms with Crippen molar-refractivity contribution in [1.29, 1.82) is 0 Å². The summed E-state index contributed by atoms with van der Waals surface area (Å²) in [6.45, 7) is 1.83. The van der Waals surface area contributed by atoms with E-state index in [1.165, 1.54) is 6.21 Å². The van der Waals surface area contributed by atoms with Crippen molar-refractivity contribution < 1.29 is 9.59 Å². The van der Waals surface area contributed by atoms with Gasteiger partial charge in [-0.1, -0.05) is 46.9 Å². The van der Waals surface area contributed by atoms with Crippen molar-refractivity contribution in [2.45, 2.75) is 6.92 Å². The molecular weight excluding hydrogens is 373 g/mol. The van der Waals surface area contributed by atoms with E-state index in [-0.39, 0.29) is 0 Å². The van der Waals surface area contributed by atoms with Gasteiger partial charge in [0.15, 0.2) is 0 Å². The molecule has 0 aliphatic carbocycles. The lowest BCUT2D eigenvalue weighted by atomic mass is 10.2. The molecule has 8 heteroatoms. The molecule has 0 atom stereocenters. The number of hydrogen-bond donors (Lipinski definition) is 2. The van der Waals surface area contributed by atoms with E-state index < -0.39 is 11.8 Å². The van der Waals surface area contributed by atoms with Crippen LogP contribution < -0.4 is 10.7 Å². The van der Waals surface area contributed by atoms with Crippen LogP contribution in [0.4, 0.5) is 5.69 Å². The molecule has 5 nitrogen and oxygen atoms in total. The van der Waals surface area contributed by atoms with Crippen molar-refractivity contribution >= 4 is 58.5 Å². The van der Waals surface area contributed by atoms with Gasteiger partial charge in [-0.3, -0.25) is 9.59 Å². The maximum atomic E-state index is 11.8. The van der Waals surface area contributed by atoms with E-state index in [1.54, 1.807) is 36.4 Å². The largest absolute Gasteiger partial charge is 0.329 e. The zero-order chi connectivity index (χ0) is 17.7. The first kappa shape index (κ1) is 18.3. The van der Waals surface area contributed by atoms with Crippen LogP contribution >= 0.6 is 34.8 Å². The molecule has 2 aromatic rings. The van der Waals surface area contributed by atoms with E-state index >= 15 is 0 Å². The molecule has 0 saturated heterocycles. The van der Waals surface area contributed by atoms with Gasteiger partial charge in [-0.05, 0) is 36.8 Å². The fourth-order valence-corrected chi connectivity index (χ4v) is 2.31. The zero-order valence-electron chi connectivity index (χ0n) is 12.4. The maximum Gasteiger partial charge on any atom is 0.329 e. The number of hydrogen-bond acceptors (Lipinski definition) is 3. The number of benzene rings is 2. The molecule has 24 heavy (non-hydrogen) atoms. The summed E-state index contributed by atoms with van der Waals surface area (Å²) in [5.41, 5.74) is 3.94. The second kappa shape index (κ2) is 8.15. The normalized spacial score (nSPS) is 10.7. The van der Waals surface area contributed by atoms with Gasteiger partial charge in [0.1, 0.15) is 0 Å². The highest BCUT2D eigenvalue weighted by molar-refractivity contribution is 6.40. The summed E-state index contributed by atoms with van der Waals surface area (Å²) < 4.78 is 0. The van der Waals surface area contributed by atoms with E-state index in [2.05, 4.69) is 15.8 Å². The number of hydrazone groups is 1. The van der Waals surface area contributed by atoms with Crippen LogP contribution in [0.25, 0.3) is 0 Å². The van der Waals surface area contributed by atoms with Crippen LogP contribution in [0.2, 0.25) is 15.1 Å². The smallest absolute Gasteiger partial charge is 0.318 e. The van der Waals surface area contributed by atoms with E-state index in [0.29, 0.717) is 26.3 Å². The monoisotopic (exact) mass is 383 g/mol. The molecule has 0 saturated carbocycles. The van der Waals surface area contributed by atoms with E-state index in [0.717, 1.165) is 5.56 Å². The molecule has 2 N–H and O–H groups in total. The predicted octanol–water partition coefficient (Wildman–Crippen LogP) is 4.04. The molecule has 2 aromatic carbocycles. The van der Waals surface area contributed by atoms with E-state index in [9.17, 15) is 9.59 Å². The summed E-state index contributed by atoms with van der Waals surface area (Å²) >= 11 is 17.7. The molecule has 2 rings (SSSR count). The maximum absolute atomic E-state index is 11.8. The number of halogens is 3. The fourth-order valence-electron chi connectivity index (χ4n) is 1.68. The number of anilines is 1. The van der Waals surface area contributed by atoms with Gasteiger partial charge in [-0.2, -0.15) is 5.10 Å². The van der Waals surface area contributed by atoms with Gasteiger partial charge in [0.25, 0.3) is 0 Å². The summed E-state index contributed by atoms with van der Waals surface area (Å²) in [6, 6.07) is 9.73. The summed E-state index contributed by atoms with van der Waals surface area (Å²) in [7, 11) is 0. The van der Waals surface area contributed by atoms with Crippen molar-refractivity contribution in [2.75, 3.05) is 5.32 Å². The van der Waals surface area contributed by atoms with Crippen LogP contribution in [-0.4, -0.2) is 18.0 Å². The van der Waals surface area contributed by atoms with Crippen LogP contribution in [0.1, 0.15) is 11.1 Å². The third kappa shape index (κ3) is 4.96. The predicted molar refractivity (Wildman–Crippen MR) is 97.0 cm³/mol. The van der Waals surface area contributed by atoms with E-state index in [1.807, 2.05) is 6.92 Å². The number of nitrogens with zero attached hydrogens (tertiary/aromatic N) is 1. The Labute approximate surface area is 153 Å². The molecule has 0 aliphatic rings. The standard InChI is InChI=1S/C16H12Cl3N3O2/c1-9-2-5-12(7-13(9)18)21-15(23)16(24)22-20-8-10-3-4-11(17)6-14(10)19/h2-8H,1H3,(H,21,23)(H,22,24). The van der Waals surface area contributed by atoms with Crippen molar-refractivity contribution in [2.24, 2.45) is 5.10 Å². The van der Waals surface area contributed by atoms with Crippen molar-refractivity contribution in [3.63, 3.8) is 0 Å². The van der Waals surface area contributed by atoms with Crippen molar-refractivity contribution in [3.8, 4) is 0 Å². The number of carbonyl (C=O) groups is 2. The number of amides is 2. The highest BCUT2D eigenvalue weighted by Crippen LogP contribution is 2.20. The van der Waals surface area contributed by atoms with Crippen molar-refractivity contribution in [3.05, 3.63) is 62.6 Å². The van der Waals surface area contributed by atoms with Gasteiger partial charge in [0.2, 0.25) is 0 Å². The van der Waals surface area contributed by atoms with Crippen molar-refractivity contribution in [1.82, 2.24) is 5.43 Å². The minimum absolute atomic E-state index is 0.374. The lowest BCUT2D eigenvalue weighted by Crippen LogP contribution is -2.32. The summed E-state index contributed by atoms with van der Waals surface area (Å²) in [5.74, 6) is -1.79. The SMILES string of the molecule is Cc1ccc(NC(=O)C(=O)NN=Cc2ccc(Cl)cc2Cl)cc1Cl. The van der Waals surface area contributed by atoms with Gasteiger partial charge in [0, 0.05) is 21.3 Å². The highest BCUT2D eigenvalue weighted by atomic mass is 35.5. The zero-order valence-corrected chi connectivity index (χ0v) is 14.7. The minimum Gasteiger partial charge on any atom is -0.318 e. The van der Waals surface area contributed by atoms with E-state index in [4.69, 9.17) is 34.8 Å². The summed E-state index contributed by atoms with van der Waals surface area (Å²) in [6.07, 6.45) is 1.31. The molecule has 0 spiro atoms. The first-order chi connectivity index (χ1) is 11.4. The van der Waals surface area contributed by atoms with Crippen LogP contribution in [0, 0.1) is 6.92 Å². The molecule has 0 unspecified atom stereocenters. The number of aryl methyl sites for hydroxylation is 1. The molecule has 2 amide bonds. The van der Waals surface area contributed by atoms with Crippen LogP contribution in [0.5, 0.6) is 0 Å². The van der Waals surface area contributed by atoms with Crippen LogP contribution in [0.15, 0.2) is 41.5 Å². The minimum atomic E-state index is -0.923. The topological polar surface area (TPSA) is 70.6 Å². The Morgan fingerprint density at radius 1 is 1.00 bits per heavy atom. The molecule has 0 bridgehead atoms. The lowest BCUT2D eigenvalue weighted by Gasteiger charge is -2.05. The molecule has 0 radical (unpaired) electrons. The quantitative estimate of drug-likeness (QED) is 0.476.